The average molecular weight is 574 g/mol. The van der Waals surface area contributed by atoms with Crippen molar-refractivity contribution in [2.24, 2.45) is 5.92 Å². The van der Waals surface area contributed by atoms with Gasteiger partial charge in [0.15, 0.2) is 0 Å². The Morgan fingerprint density at radius 2 is 1.83 bits per heavy atom. The molecule has 0 radical (unpaired) electrons. The molecule has 1 saturated heterocycles. The van der Waals surface area contributed by atoms with Gasteiger partial charge in [-0.05, 0) is 63.1 Å². The van der Waals surface area contributed by atoms with E-state index in [0.717, 1.165) is 63.5 Å². The smallest absolute Gasteiger partial charge is 0.419 e. The molecule has 0 spiro atoms. The summed E-state index contributed by atoms with van der Waals surface area (Å²) in [4.78, 5) is 24.1. The number of methoxy groups -OCH3 is 1. The predicted octanol–water partition coefficient (Wildman–Crippen LogP) is 5.98. The van der Waals surface area contributed by atoms with Gasteiger partial charge in [-0.1, -0.05) is 12.1 Å². The van der Waals surface area contributed by atoms with E-state index >= 15 is 0 Å². The number of piperazine rings is 1. The second-order valence-electron chi connectivity index (χ2n) is 10.9. The first-order valence-corrected chi connectivity index (χ1v) is 14.0. The van der Waals surface area contributed by atoms with E-state index in [1.165, 1.54) is 12.1 Å². The number of nitrogens with one attached hydrogen (secondary N) is 2. The highest BCUT2D eigenvalue weighted by Gasteiger charge is 2.36. The van der Waals surface area contributed by atoms with Crippen LogP contribution in [0, 0.1) is 18.7 Å². The van der Waals surface area contributed by atoms with Crippen LogP contribution < -0.4 is 15.4 Å². The predicted molar refractivity (Wildman–Crippen MR) is 148 cm³/mol. The maximum absolute atomic E-state index is 14.9. The number of amides is 1. The molecule has 1 atom stereocenters. The van der Waals surface area contributed by atoms with Crippen molar-refractivity contribution in [2.75, 3.05) is 38.6 Å². The Morgan fingerprint density at radius 1 is 1.12 bits per heavy atom. The summed E-state index contributed by atoms with van der Waals surface area (Å²) >= 11 is 0. The second-order valence-corrected chi connectivity index (χ2v) is 10.9. The standard InChI is InChI=1S/C30H35F4N5O2/c1-17(21-5-4-6-24(27(21)31)30(32,33)34)36-28-23-15-22(26(41-3)16-25(23)37-18(2)38-28)19-7-9-20(10-8-19)29(40)39-13-11-35-12-14-39/h4-6,15-17,19-20,35H,7-14H2,1-3H3,(H,36,37,38)/t17-,19-,20-/m1/s1. The number of halogens is 4. The van der Waals surface area contributed by atoms with E-state index < -0.39 is 23.6 Å². The summed E-state index contributed by atoms with van der Waals surface area (Å²) in [6.45, 7) is 6.46. The number of aryl methyl sites for hydroxylation is 1. The third-order valence-corrected chi connectivity index (χ3v) is 8.26. The highest BCUT2D eigenvalue weighted by molar-refractivity contribution is 5.91. The fraction of sp³-hybridized carbons (Fsp3) is 0.500. The number of carbonyl (C=O) groups excluding carboxylic acids is 1. The van der Waals surface area contributed by atoms with Crippen LogP contribution in [0.25, 0.3) is 10.9 Å². The van der Waals surface area contributed by atoms with E-state index in [1.54, 1.807) is 21.0 Å². The summed E-state index contributed by atoms with van der Waals surface area (Å²) in [5, 5.41) is 7.09. The summed E-state index contributed by atoms with van der Waals surface area (Å²) in [6, 6.07) is 6.29. The van der Waals surface area contributed by atoms with Crippen LogP contribution in [0.2, 0.25) is 0 Å². The van der Waals surface area contributed by atoms with Gasteiger partial charge in [-0.25, -0.2) is 14.4 Å². The first-order chi connectivity index (χ1) is 19.6. The lowest BCUT2D eigenvalue weighted by Gasteiger charge is -2.34. The van der Waals surface area contributed by atoms with Crippen molar-refractivity contribution in [3.05, 3.63) is 58.7 Å². The van der Waals surface area contributed by atoms with Crippen molar-refractivity contribution in [1.29, 1.82) is 0 Å². The highest BCUT2D eigenvalue weighted by Crippen LogP contribution is 2.43. The molecule has 220 valence electrons. The van der Waals surface area contributed by atoms with Crippen LogP contribution in [-0.2, 0) is 11.0 Å². The van der Waals surface area contributed by atoms with Crippen LogP contribution in [-0.4, -0.2) is 54.1 Å². The minimum absolute atomic E-state index is 0.0159. The van der Waals surface area contributed by atoms with E-state index in [-0.39, 0.29) is 23.3 Å². The first-order valence-electron chi connectivity index (χ1n) is 14.0. The molecule has 41 heavy (non-hydrogen) atoms. The Morgan fingerprint density at radius 3 is 2.49 bits per heavy atom. The lowest BCUT2D eigenvalue weighted by molar-refractivity contribution is -0.140. The monoisotopic (exact) mass is 573 g/mol. The molecule has 2 aromatic carbocycles. The lowest BCUT2D eigenvalue weighted by atomic mass is 9.77. The van der Waals surface area contributed by atoms with Gasteiger partial charge < -0.3 is 20.3 Å². The zero-order valence-electron chi connectivity index (χ0n) is 23.4. The molecule has 5 rings (SSSR count). The van der Waals surface area contributed by atoms with E-state index in [4.69, 9.17) is 4.74 Å². The van der Waals surface area contributed by atoms with E-state index in [0.29, 0.717) is 28.3 Å². The van der Waals surface area contributed by atoms with Crippen molar-refractivity contribution in [1.82, 2.24) is 20.2 Å². The van der Waals surface area contributed by atoms with Gasteiger partial charge in [0.05, 0.1) is 24.2 Å². The average Bonchev–Trinajstić information content (AvgIpc) is 2.96. The Balaban J connectivity index is 1.41. The number of aromatic nitrogens is 2. The van der Waals surface area contributed by atoms with Gasteiger partial charge in [-0.3, -0.25) is 4.79 Å². The van der Waals surface area contributed by atoms with Crippen LogP contribution in [0.3, 0.4) is 0 Å². The summed E-state index contributed by atoms with van der Waals surface area (Å²) in [5.41, 5.74) is 0.178. The molecule has 7 nitrogen and oxygen atoms in total. The van der Waals surface area contributed by atoms with Crippen molar-refractivity contribution < 1.29 is 27.1 Å². The maximum atomic E-state index is 14.9. The molecule has 2 heterocycles. The van der Waals surface area contributed by atoms with Gasteiger partial charge >= 0.3 is 6.18 Å². The Labute approximate surface area is 236 Å². The molecule has 1 saturated carbocycles. The Hall–Kier alpha value is -3.47. The highest BCUT2D eigenvalue weighted by atomic mass is 19.4. The number of alkyl halides is 3. The van der Waals surface area contributed by atoms with E-state index in [9.17, 15) is 22.4 Å². The van der Waals surface area contributed by atoms with Crippen LogP contribution in [0.5, 0.6) is 5.75 Å². The van der Waals surface area contributed by atoms with Gasteiger partial charge in [0.2, 0.25) is 5.91 Å². The quantitative estimate of drug-likeness (QED) is 0.353. The van der Waals surface area contributed by atoms with Crippen molar-refractivity contribution in [2.45, 2.75) is 57.7 Å². The van der Waals surface area contributed by atoms with Crippen LogP contribution in [0.1, 0.15) is 67.1 Å². The molecule has 2 aliphatic rings. The molecule has 1 aromatic heterocycles. The molecule has 2 N–H and O–H groups in total. The van der Waals surface area contributed by atoms with E-state index in [2.05, 4.69) is 20.6 Å². The minimum atomic E-state index is -4.79. The molecular weight excluding hydrogens is 538 g/mol. The van der Waals surface area contributed by atoms with Gasteiger partial charge in [0.1, 0.15) is 23.2 Å². The molecule has 0 bridgehead atoms. The molecule has 11 heteroatoms. The van der Waals surface area contributed by atoms with Gasteiger partial charge in [-0.15, -0.1) is 0 Å². The lowest BCUT2D eigenvalue weighted by Crippen LogP contribution is -2.48. The number of carbonyl (C=O) groups is 1. The number of fused-ring (bicyclic) bond motifs is 1. The van der Waals surface area contributed by atoms with Gasteiger partial charge in [0.25, 0.3) is 0 Å². The second kappa shape index (κ2) is 11.8. The fourth-order valence-corrected chi connectivity index (χ4v) is 6.08. The molecule has 3 aromatic rings. The number of anilines is 1. The number of benzene rings is 2. The summed E-state index contributed by atoms with van der Waals surface area (Å²) in [7, 11) is 1.61. The van der Waals surface area contributed by atoms with Crippen LogP contribution in [0.15, 0.2) is 30.3 Å². The molecular formula is C30H35F4N5O2. The maximum Gasteiger partial charge on any atom is 0.419 e. The van der Waals surface area contributed by atoms with Gasteiger partial charge in [0, 0.05) is 49.1 Å². The Bertz CT molecular complexity index is 1420. The zero-order valence-corrected chi connectivity index (χ0v) is 23.4. The van der Waals surface area contributed by atoms with Crippen LogP contribution >= 0.6 is 0 Å². The largest absolute Gasteiger partial charge is 0.496 e. The Kier molecular flexibility index (Phi) is 8.35. The molecule has 1 aliphatic heterocycles. The van der Waals surface area contributed by atoms with Crippen molar-refractivity contribution in [3.63, 3.8) is 0 Å². The molecule has 1 aliphatic carbocycles. The number of rotatable bonds is 6. The van der Waals surface area contributed by atoms with Crippen molar-refractivity contribution in [3.8, 4) is 5.75 Å². The fourth-order valence-electron chi connectivity index (χ4n) is 6.08. The molecule has 0 unspecified atom stereocenters. The number of hydrogen-bond donors (Lipinski definition) is 2. The van der Waals surface area contributed by atoms with E-state index in [1.807, 2.05) is 17.0 Å². The minimum Gasteiger partial charge on any atom is -0.496 e. The molecule has 2 fully saturated rings. The number of ether oxygens (including phenoxy) is 1. The zero-order chi connectivity index (χ0) is 29.3. The SMILES string of the molecule is COc1cc2nc(C)nc(N[C@H](C)c3cccc(C(F)(F)F)c3F)c2cc1[C@H]1CC[C@H](C(=O)N2CCNCC2)CC1. The van der Waals surface area contributed by atoms with Crippen LogP contribution in [0.4, 0.5) is 23.4 Å². The summed E-state index contributed by atoms with van der Waals surface area (Å²) in [5.74, 6) is 0.666. The normalized spacial score (nSPS) is 20.6. The van der Waals surface area contributed by atoms with Gasteiger partial charge in [-0.2, -0.15) is 13.2 Å². The third kappa shape index (κ3) is 6.10. The number of nitrogens with zero attached hydrogens (tertiary/aromatic N) is 3. The third-order valence-electron chi connectivity index (χ3n) is 8.26. The first kappa shape index (κ1) is 29.0. The topological polar surface area (TPSA) is 79.4 Å². The molecule has 1 amide bonds. The number of hydrogen-bond acceptors (Lipinski definition) is 6. The van der Waals surface area contributed by atoms with Crippen molar-refractivity contribution >= 4 is 22.6 Å². The summed E-state index contributed by atoms with van der Waals surface area (Å²) < 4.78 is 60.6. The summed E-state index contributed by atoms with van der Waals surface area (Å²) in [6.07, 6.45) is -1.57.